The van der Waals surface area contributed by atoms with Gasteiger partial charge in [0.2, 0.25) is 0 Å². The molecule has 0 atom stereocenters. The zero-order valence-corrected chi connectivity index (χ0v) is 5.19. The van der Waals surface area contributed by atoms with E-state index in [1.54, 1.807) is 0 Å². The number of halogens is 1. The highest BCUT2D eigenvalue weighted by Crippen LogP contribution is 2.26. The van der Waals surface area contributed by atoms with Crippen molar-refractivity contribution in [2.45, 2.75) is 12.8 Å². The molecule has 1 aliphatic rings. The van der Waals surface area contributed by atoms with E-state index in [1.807, 2.05) is 0 Å². The van der Waals surface area contributed by atoms with Crippen molar-refractivity contribution in [2.24, 2.45) is 5.92 Å². The standard InChI is InChI=1S/C5H6.BrH.Mg.2H/c1-2-5-3-4-5;;;;/h1,5H,3-4H2;1H;;;. The largest absolute Gasteiger partial charge is 0.316 e. The van der Waals surface area contributed by atoms with Gasteiger partial charge < -0.3 is 0 Å². The van der Waals surface area contributed by atoms with E-state index in [9.17, 15) is 0 Å². The summed E-state index contributed by atoms with van der Waals surface area (Å²) in [5.74, 6) is 3.30. The van der Waals surface area contributed by atoms with Crippen LogP contribution in [0, 0.1) is 18.3 Å². The second-order valence-electron chi connectivity index (χ2n) is 1.44. The van der Waals surface area contributed by atoms with Crippen molar-refractivity contribution in [1.29, 1.82) is 0 Å². The fourth-order valence-corrected chi connectivity index (χ4v) is 0.250. The summed E-state index contributed by atoms with van der Waals surface area (Å²) in [4.78, 5) is 0. The van der Waals surface area contributed by atoms with Crippen LogP contribution in [0.5, 0.6) is 0 Å². The van der Waals surface area contributed by atoms with Crippen LogP contribution in [0.1, 0.15) is 12.8 Å². The van der Waals surface area contributed by atoms with Gasteiger partial charge in [0, 0.05) is 5.92 Å². The van der Waals surface area contributed by atoms with E-state index in [0.29, 0.717) is 5.92 Å². The molecule has 0 aromatic carbocycles. The first-order valence-corrected chi connectivity index (χ1v) is 1.89. The summed E-state index contributed by atoms with van der Waals surface area (Å²) >= 11 is 0. The van der Waals surface area contributed by atoms with Crippen molar-refractivity contribution in [2.75, 3.05) is 0 Å². The Balaban J connectivity index is 0. The molecular weight excluding hydrogens is 164 g/mol. The third-order valence-corrected chi connectivity index (χ3v) is 0.813. The summed E-state index contributed by atoms with van der Waals surface area (Å²) in [6.07, 6.45) is 7.53. The molecule has 0 radical (unpaired) electrons. The van der Waals surface area contributed by atoms with E-state index in [-0.39, 0.29) is 40.0 Å². The van der Waals surface area contributed by atoms with Crippen LogP contribution in [0.2, 0.25) is 0 Å². The van der Waals surface area contributed by atoms with Gasteiger partial charge in [0.05, 0.1) is 0 Å². The summed E-state index contributed by atoms with van der Waals surface area (Å²) in [5.41, 5.74) is 0. The number of hydrogen-bond donors (Lipinski definition) is 0. The fourth-order valence-electron chi connectivity index (χ4n) is 0.250. The maximum absolute atomic E-state index is 4.98. The van der Waals surface area contributed by atoms with Crippen LogP contribution in [-0.4, -0.2) is 23.1 Å². The summed E-state index contributed by atoms with van der Waals surface area (Å²) < 4.78 is 0. The van der Waals surface area contributed by atoms with Crippen molar-refractivity contribution >= 4 is 40.0 Å². The highest BCUT2D eigenvalue weighted by atomic mass is 79.9. The first kappa shape index (κ1) is 10.7. The molecule has 2 heteroatoms. The Morgan fingerprint density at radius 2 is 1.86 bits per heavy atom. The molecular formula is C5H9BrMg. The van der Waals surface area contributed by atoms with Crippen molar-refractivity contribution in [1.82, 2.24) is 0 Å². The van der Waals surface area contributed by atoms with Crippen LogP contribution >= 0.6 is 17.0 Å². The summed E-state index contributed by atoms with van der Waals surface area (Å²) in [6.45, 7) is 0. The molecule has 0 amide bonds. The Kier molecular flexibility index (Phi) is 7.59. The van der Waals surface area contributed by atoms with Crippen molar-refractivity contribution in [3.05, 3.63) is 0 Å². The molecule has 0 nitrogen and oxygen atoms in total. The predicted octanol–water partition coefficient (Wildman–Crippen LogP) is 0.691. The Labute approximate surface area is 71.0 Å². The molecule has 0 saturated heterocycles. The summed E-state index contributed by atoms with van der Waals surface area (Å²) in [5, 5.41) is 0. The second kappa shape index (κ2) is 4.95. The van der Waals surface area contributed by atoms with Gasteiger partial charge in [0.15, 0.2) is 0 Å². The quantitative estimate of drug-likeness (QED) is 0.373. The monoisotopic (exact) mass is 172 g/mol. The molecule has 1 saturated carbocycles. The lowest BCUT2D eigenvalue weighted by Crippen LogP contribution is -1.52. The third kappa shape index (κ3) is 4.66. The van der Waals surface area contributed by atoms with Crippen LogP contribution < -0.4 is 0 Å². The molecule has 0 aromatic rings. The zero-order chi connectivity index (χ0) is 3.70. The van der Waals surface area contributed by atoms with E-state index in [1.165, 1.54) is 12.8 Å². The lowest BCUT2D eigenvalue weighted by Gasteiger charge is -1.57. The molecule has 0 aromatic heterocycles. The molecule has 38 valence electrons. The van der Waals surface area contributed by atoms with Crippen LogP contribution in [-0.2, 0) is 0 Å². The lowest BCUT2D eigenvalue weighted by atomic mass is 10.5. The van der Waals surface area contributed by atoms with Crippen LogP contribution in [0.4, 0.5) is 0 Å². The molecule has 7 heavy (non-hydrogen) atoms. The van der Waals surface area contributed by atoms with Gasteiger partial charge >= 0.3 is 23.1 Å². The van der Waals surface area contributed by atoms with Crippen LogP contribution in [0.15, 0.2) is 0 Å². The normalized spacial score (nSPS) is 15.3. The second-order valence-corrected chi connectivity index (χ2v) is 1.44. The Hall–Kier alpha value is 0.806. The van der Waals surface area contributed by atoms with E-state index in [4.69, 9.17) is 6.42 Å². The Morgan fingerprint density at radius 1 is 1.43 bits per heavy atom. The fraction of sp³-hybridized carbons (Fsp3) is 0.600. The van der Waals surface area contributed by atoms with E-state index in [2.05, 4.69) is 5.92 Å². The number of rotatable bonds is 0. The van der Waals surface area contributed by atoms with Gasteiger partial charge in [-0.3, -0.25) is 0 Å². The molecule has 1 aliphatic carbocycles. The minimum atomic E-state index is 0. The lowest BCUT2D eigenvalue weighted by molar-refractivity contribution is 1.18. The van der Waals surface area contributed by atoms with Crippen molar-refractivity contribution < 1.29 is 0 Å². The van der Waals surface area contributed by atoms with Gasteiger partial charge in [-0.25, -0.2) is 0 Å². The smallest absolute Gasteiger partial charge is 0.120 e. The van der Waals surface area contributed by atoms with E-state index in [0.717, 1.165) is 0 Å². The van der Waals surface area contributed by atoms with Gasteiger partial charge in [-0.15, -0.1) is 29.3 Å². The van der Waals surface area contributed by atoms with Gasteiger partial charge in [-0.1, -0.05) is 0 Å². The van der Waals surface area contributed by atoms with Gasteiger partial charge in [0.1, 0.15) is 0 Å². The number of terminal acetylenes is 1. The molecule has 1 rings (SSSR count). The molecule has 0 bridgehead atoms. The summed E-state index contributed by atoms with van der Waals surface area (Å²) in [7, 11) is 0. The van der Waals surface area contributed by atoms with Crippen LogP contribution in [0.25, 0.3) is 0 Å². The first-order valence-electron chi connectivity index (χ1n) is 1.89. The average molecular weight is 173 g/mol. The maximum Gasteiger partial charge on any atom is 0.316 e. The summed E-state index contributed by atoms with van der Waals surface area (Å²) in [6, 6.07) is 0. The molecule has 0 unspecified atom stereocenters. The molecule has 0 N–H and O–H groups in total. The van der Waals surface area contributed by atoms with Gasteiger partial charge in [-0.2, -0.15) is 0 Å². The molecule has 0 aliphatic heterocycles. The minimum Gasteiger partial charge on any atom is -0.120 e. The number of hydrogen-bond acceptors (Lipinski definition) is 0. The zero-order valence-electron chi connectivity index (χ0n) is 3.48. The predicted molar refractivity (Wildman–Crippen MR) is 40.4 cm³/mol. The third-order valence-electron chi connectivity index (χ3n) is 0.813. The SMILES string of the molecule is Br.C#CC1CC1.[MgH2]. The minimum absolute atomic E-state index is 0. The van der Waals surface area contributed by atoms with Crippen molar-refractivity contribution in [3.8, 4) is 12.3 Å². The highest BCUT2D eigenvalue weighted by molar-refractivity contribution is 8.93. The van der Waals surface area contributed by atoms with E-state index < -0.39 is 0 Å². The van der Waals surface area contributed by atoms with Gasteiger partial charge in [-0.05, 0) is 12.8 Å². The first-order chi connectivity index (χ1) is 2.43. The molecule has 1 fully saturated rings. The average Bonchev–Trinajstić information content (AvgIpc) is 2.12. The van der Waals surface area contributed by atoms with Gasteiger partial charge in [0.25, 0.3) is 0 Å². The Morgan fingerprint density at radius 3 is 1.86 bits per heavy atom. The Bertz CT molecular complexity index is 70.6. The van der Waals surface area contributed by atoms with Crippen molar-refractivity contribution in [3.63, 3.8) is 0 Å². The van der Waals surface area contributed by atoms with E-state index >= 15 is 0 Å². The van der Waals surface area contributed by atoms with Crippen LogP contribution in [0.3, 0.4) is 0 Å². The highest BCUT2D eigenvalue weighted by Gasteiger charge is 2.16. The topological polar surface area (TPSA) is 0 Å². The maximum atomic E-state index is 4.98. The molecule has 0 heterocycles. The molecule has 0 spiro atoms.